The second-order valence-corrected chi connectivity index (χ2v) is 12.2. The molecular formula is C26H33N7O4S. The lowest BCUT2D eigenvalue weighted by atomic mass is 9.97. The van der Waals surface area contributed by atoms with Crippen LogP contribution in [0.1, 0.15) is 51.4 Å². The minimum absolute atomic E-state index is 0.0283. The lowest BCUT2D eigenvalue weighted by Gasteiger charge is -2.34. The standard InChI is InChI=1S/C26H33N7O4S/c1-16(2)15-37-22-13-28-12-20(29-22)19-10-9-18(24(30-19)33-14-17(3)11-26(33,4)5)25(34)32-38(35,36)23-8-6-7-21(27)31-23/h6-10,12-13,16-17H,11,14-15H2,1-5H3,(H2,27,31)(H,32,34)/t17-/m0/s1. The van der Waals surface area contributed by atoms with Gasteiger partial charge in [-0.05, 0) is 56.4 Å². The molecule has 1 fully saturated rings. The lowest BCUT2D eigenvalue weighted by Crippen LogP contribution is -2.41. The van der Waals surface area contributed by atoms with Crippen molar-refractivity contribution in [2.45, 2.75) is 51.6 Å². The number of sulfonamides is 1. The Morgan fingerprint density at radius 2 is 1.92 bits per heavy atom. The van der Waals surface area contributed by atoms with E-state index in [0.717, 1.165) is 6.42 Å². The Hall–Kier alpha value is -3.80. The minimum atomic E-state index is -4.27. The summed E-state index contributed by atoms with van der Waals surface area (Å²) in [6.07, 6.45) is 3.99. The lowest BCUT2D eigenvalue weighted by molar-refractivity contribution is 0.0981. The van der Waals surface area contributed by atoms with Crippen LogP contribution in [0, 0.1) is 11.8 Å². The molecular weight excluding hydrogens is 506 g/mol. The first kappa shape index (κ1) is 27.2. The molecule has 1 atom stereocenters. The van der Waals surface area contributed by atoms with Crippen molar-refractivity contribution in [1.82, 2.24) is 24.7 Å². The van der Waals surface area contributed by atoms with E-state index in [0.29, 0.717) is 48.1 Å². The third kappa shape index (κ3) is 6.01. The highest BCUT2D eigenvalue weighted by atomic mass is 32.2. The summed E-state index contributed by atoms with van der Waals surface area (Å²) in [6, 6.07) is 7.36. The summed E-state index contributed by atoms with van der Waals surface area (Å²) in [7, 11) is -4.27. The summed E-state index contributed by atoms with van der Waals surface area (Å²) in [5.74, 6) is 0.609. The van der Waals surface area contributed by atoms with Crippen LogP contribution < -0.4 is 20.1 Å². The summed E-state index contributed by atoms with van der Waals surface area (Å²) in [5.41, 5.74) is 6.39. The quantitative estimate of drug-likeness (QED) is 0.436. The van der Waals surface area contributed by atoms with Gasteiger partial charge in [0.25, 0.3) is 15.9 Å². The van der Waals surface area contributed by atoms with Crippen LogP contribution in [0.15, 0.2) is 47.8 Å². The van der Waals surface area contributed by atoms with Gasteiger partial charge in [0.1, 0.15) is 17.3 Å². The molecule has 38 heavy (non-hydrogen) atoms. The number of nitrogens with zero attached hydrogens (tertiary/aromatic N) is 5. The van der Waals surface area contributed by atoms with E-state index in [9.17, 15) is 13.2 Å². The van der Waals surface area contributed by atoms with Crippen molar-refractivity contribution >= 4 is 27.6 Å². The predicted molar refractivity (Wildman–Crippen MR) is 144 cm³/mol. The van der Waals surface area contributed by atoms with Gasteiger partial charge in [0.05, 0.1) is 30.3 Å². The Balaban J connectivity index is 1.74. The zero-order valence-corrected chi connectivity index (χ0v) is 23.0. The van der Waals surface area contributed by atoms with Crippen molar-refractivity contribution in [3.05, 3.63) is 48.3 Å². The van der Waals surface area contributed by atoms with Crippen LogP contribution in [-0.4, -0.2) is 53.0 Å². The maximum absolute atomic E-state index is 13.4. The Morgan fingerprint density at radius 1 is 1.16 bits per heavy atom. The number of hydrogen-bond acceptors (Lipinski definition) is 10. The molecule has 0 radical (unpaired) electrons. The molecule has 0 aliphatic carbocycles. The smallest absolute Gasteiger partial charge is 0.281 e. The normalized spacial score (nSPS) is 17.0. The number of hydrogen-bond donors (Lipinski definition) is 2. The first-order valence-corrected chi connectivity index (χ1v) is 13.9. The SMILES string of the molecule is CC(C)COc1cncc(-c2ccc(C(=O)NS(=O)(=O)c3cccc(N)n3)c(N3C[C@@H](C)CC3(C)C)n2)n1. The van der Waals surface area contributed by atoms with E-state index in [-0.39, 0.29) is 21.9 Å². The Kier molecular flexibility index (Phi) is 7.54. The molecule has 0 aromatic carbocycles. The molecule has 3 aromatic rings. The number of carbonyl (C=O) groups is 1. The van der Waals surface area contributed by atoms with Gasteiger partial charge in [0, 0.05) is 12.1 Å². The van der Waals surface area contributed by atoms with E-state index in [4.69, 9.17) is 15.5 Å². The average molecular weight is 540 g/mol. The van der Waals surface area contributed by atoms with Crippen LogP contribution in [0.4, 0.5) is 11.6 Å². The molecule has 0 spiro atoms. The first-order valence-electron chi connectivity index (χ1n) is 12.4. The van der Waals surface area contributed by atoms with E-state index in [1.54, 1.807) is 18.3 Å². The largest absolute Gasteiger partial charge is 0.476 e. The molecule has 0 saturated carbocycles. The molecule has 1 aliphatic rings. The van der Waals surface area contributed by atoms with Crippen molar-refractivity contribution in [3.63, 3.8) is 0 Å². The fourth-order valence-electron chi connectivity index (χ4n) is 4.54. The van der Waals surface area contributed by atoms with Gasteiger partial charge in [-0.3, -0.25) is 9.78 Å². The number of nitrogens with two attached hydrogens (primary N) is 1. The van der Waals surface area contributed by atoms with Gasteiger partial charge in [-0.25, -0.2) is 19.7 Å². The van der Waals surface area contributed by atoms with Crippen molar-refractivity contribution in [1.29, 1.82) is 0 Å². The number of ether oxygens (including phenoxy) is 1. The molecule has 0 bridgehead atoms. The highest BCUT2D eigenvalue weighted by Gasteiger charge is 2.39. The molecule has 1 aliphatic heterocycles. The summed E-state index contributed by atoms with van der Waals surface area (Å²) in [5, 5.41) is -0.347. The van der Waals surface area contributed by atoms with Crippen LogP contribution in [0.2, 0.25) is 0 Å². The minimum Gasteiger partial charge on any atom is -0.476 e. The van der Waals surface area contributed by atoms with Gasteiger partial charge in [-0.1, -0.05) is 26.8 Å². The Bertz CT molecular complexity index is 1440. The van der Waals surface area contributed by atoms with E-state index in [2.05, 4.69) is 40.4 Å². The van der Waals surface area contributed by atoms with Crippen LogP contribution in [0.3, 0.4) is 0 Å². The van der Waals surface area contributed by atoms with Gasteiger partial charge >= 0.3 is 0 Å². The fraction of sp³-hybridized carbons (Fsp3) is 0.423. The van der Waals surface area contributed by atoms with Crippen LogP contribution in [0.25, 0.3) is 11.4 Å². The van der Waals surface area contributed by atoms with Gasteiger partial charge in [0.15, 0.2) is 5.03 Å². The molecule has 3 N–H and O–H groups in total. The zero-order valence-electron chi connectivity index (χ0n) is 22.2. The molecule has 3 aromatic heterocycles. The van der Waals surface area contributed by atoms with Crippen molar-refractivity contribution in [2.75, 3.05) is 23.8 Å². The van der Waals surface area contributed by atoms with Gasteiger partial charge in [-0.15, -0.1) is 0 Å². The van der Waals surface area contributed by atoms with Crippen LogP contribution in [0.5, 0.6) is 5.88 Å². The summed E-state index contributed by atoms with van der Waals surface area (Å²) in [4.78, 5) is 32.8. The van der Waals surface area contributed by atoms with E-state index in [1.807, 2.05) is 18.7 Å². The molecule has 11 nitrogen and oxygen atoms in total. The number of rotatable bonds is 8. The van der Waals surface area contributed by atoms with Crippen LogP contribution in [-0.2, 0) is 10.0 Å². The highest BCUT2D eigenvalue weighted by molar-refractivity contribution is 7.90. The van der Waals surface area contributed by atoms with Gasteiger partial charge in [0.2, 0.25) is 5.88 Å². The third-order valence-corrected chi connectivity index (χ3v) is 7.37. The number of amides is 1. The average Bonchev–Trinajstić information content (AvgIpc) is 3.13. The first-order chi connectivity index (χ1) is 17.9. The zero-order chi connectivity index (χ0) is 27.7. The molecule has 202 valence electrons. The number of nitrogens with one attached hydrogen (secondary N) is 1. The molecule has 4 rings (SSSR count). The molecule has 1 saturated heterocycles. The molecule has 12 heteroatoms. The van der Waals surface area contributed by atoms with E-state index < -0.39 is 15.9 Å². The monoisotopic (exact) mass is 539 g/mol. The summed E-state index contributed by atoms with van der Waals surface area (Å²) < 4.78 is 33.6. The number of anilines is 2. The van der Waals surface area contributed by atoms with Crippen molar-refractivity contribution in [3.8, 4) is 17.3 Å². The molecule has 0 unspecified atom stereocenters. The topological polar surface area (TPSA) is 153 Å². The number of pyridine rings is 2. The maximum atomic E-state index is 13.4. The Labute approximate surface area is 222 Å². The number of carbonyl (C=O) groups excluding carboxylic acids is 1. The third-order valence-electron chi connectivity index (χ3n) is 6.14. The fourth-order valence-corrected chi connectivity index (χ4v) is 5.48. The molecule has 4 heterocycles. The second-order valence-electron chi connectivity index (χ2n) is 10.6. The van der Waals surface area contributed by atoms with Crippen molar-refractivity contribution in [2.24, 2.45) is 11.8 Å². The van der Waals surface area contributed by atoms with Gasteiger partial charge in [-0.2, -0.15) is 8.42 Å². The highest BCUT2D eigenvalue weighted by Crippen LogP contribution is 2.38. The second kappa shape index (κ2) is 10.5. The van der Waals surface area contributed by atoms with Gasteiger partial charge < -0.3 is 15.4 Å². The van der Waals surface area contributed by atoms with E-state index in [1.165, 1.54) is 24.4 Å². The predicted octanol–water partition coefficient (Wildman–Crippen LogP) is 3.29. The summed E-state index contributed by atoms with van der Waals surface area (Å²) in [6.45, 7) is 11.5. The van der Waals surface area contributed by atoms with E-state index >= 15 is 0 Å². The number of nitrogen functional groups attached to an aromatic ring is 1. The van der Waals surface area contributed by atoms with Crippen molar-refractivity contribution < 1.29 is 17.9 Å². The maximum Gasteiger partial charge on any atom is 0.281 e. The molecule has 1 amide bonds. The number of aromatic nitrogens is 4. The van der Waals surface area contributed by atoms with Crippen LogP contribution >= 0.6 is 0 Å². The summed E-state index contributed by atoms with van der Waals surface area (Å²) >= 11 is 0. The Morgan fingerprint density at radius 3 is 2.58 bits per heavy atom.